The number of hydrogen-bond donors (Lipinski definition) is 9. The Bertz CT molecular complexity index is 1820. The fraction of sp³-hybridized carbons (Fsp3) is 0.200. The standard InChI is InChI=1S/C30H25Br2N3O15/c31-11-4-14(23(40)20(37)6-11)26(43)34-17-9-49-28(45)16(33-25(42)13-2-1-3-19(36)22(13)39)8-48-29(46)18(10-50-30(17)47)35-27(44)15-5-12(32)7-21(38)24(15)41/h1-7,16-18,36-41H,8-10H2,(H,33,42)(H,34,43)(H,35,44)/t16-,17-,18-/m0/s1. The van der Waals surface area contributed by atoms with E-state index in [1.54, 1.807) is 0 Å². The van der Waals surface area contributed by atoms with Gasteiger partial charge >= 0.3 is 17.9 Å². The number of nitrogens with one attached hydrogen (secondary N) is 3. The van der Waals surface area contributed by atoms with Gasteiger partial charge in [-0.25, -0.2) is 14.4 Å². The molecule has 0 unspecified atom stereocenters. The van der Waals surface area contributed by atoms with E-state index in [0.29, 0.717) is 0 Å². The van der Waals surface area contributed by atoms with E-state index in [-0.39, 0.29) is 8.95 Å². The van der Waals surface area contributed by atoms with Crippen molar-refractivity contribution in [2.75, 3.05) is 19.8 Å². The lowest BCUT2D eigenvalue weighted by Crippen LogP contribution is -2.52. The van der Waals surface area contributed by atoms with E-state index in [1.807, 2.05) is 0 Å². The van der Waals surface area contributed by atoms with Gasteiger partial charge in [-0.15, -0.1) is 0 Å². The summed E-state index contributed by atoms with van der Waals surface area (Å²) in [6, 6.07) is 2.13. The summed E-state index contributed by atoms with van der Waals surface area (Å²) in [6.07, 6.45) is 0. The van der Waals surface area contributed by atoms with Crippen LogP contribution in [0.5, 0.6) is 34.5 Å². The average molecular weight is 827 g/mol. The molecule has 50 heavy (non-hydrogen) atoms. The molecule has 1 heterocycles. The quantitative estimate of drug-likeness (QED) is 0.0943. The monoisotopic (exact) mass is 825 g/mol. The molecule has 4 rings (SSSR count). The van der Waals surface area contributed by atoms with Gasteiger partial charge in [-0.1, -0.05) is 37.9 Å². The fourth-order valence-corrected chi connectivity index (χ4v) is 5.13. The molecule has 18 nitrogen and oxygen atoms in total. The van der Waals surface area contributed by atoms with Gasteiger partial charge < -0.3 is 60.8 Å². The first kappa shape index (κ1) is 37.1. The van der Waals surface area contributed by atoms with Gasteiger partial charge in [0.1, 0.15) is 19.8 Å². The van der Waals surface area contributed by atoms with Crippen molar-refractivity contribution in [3.8, 4) is 34.5 Å². The van der Waals surface area contributed by atoms with Crippen LogP contribution in [0, 0.1) is 0 Å². The van der Waals surface area contributed by atoms with Crippen LogP contribution in [0.1, 0.15) is 31.1 Å². The van der Waals surface area contributed by atoms with E-state index in [1.165, 1.54) is 6.07 Å². The maximum absolute atomic E-state index is 13.2. The second-order valence-corrected chi connectivity index (χ2v) is 12.1. The number of cyclic esters (lactones) is 3. The van der Waals surface area contributed by atoms with Crippen LogP contribution < -0.4 is 16.0 Å². The first-order valence-corrected chi connectivity index (χ1v) is 15.5. The number of phenolic OH excluding ortho intramolecular Hbond substituents is 6. The van der Waals surface area contributed by atoms with Crippen molar-refractivity contribution in [2.45, 2.75) is 18.1 Å². The number of carbonyl (C=O) groups excluding carboxylic acids is 6. The summed E-state index contributed by atoms with van der Waals surface area (Å²) in [7, 11) is 0. The molecule has 1 fully saturated rings. The minimum atomic E-state index is -1.86. The van der Waals surface area contributed by atoms with Crippen molar-refractivity contribution in [2.24, 2.45) is 0 Å². The van der Waals surface area contributed by atoms with Crippen molar-refractivity contribution in [1.82, 2.24) is 16.0 Å². The van der Waals surface area contributed by atoms with Crippen LogP contribution in [0.4, 0.5) is 0 Å². The molecule has 0 bridgehead atoms. The van der Waals surface area contributed by atoms with Crippen LogP contribution in [0.2, 0.25) is 0 Å². The first-order chi connectivity index (χ1) is 23.6. The van der Waals surface area contributed by atoms with E-state index in [9.17, 15) is 59.4 Å². The van der Waals surface area contributed by atoms with E-state index in [2.05, 4.69) is 47.8 Å². The summed E-state index contributed by atoms with van der Waals surface area (Å²) in [4.78, 5) is 78.5. The molecule has 1 aliphatic rings. The van der Waals surface area contributed by atoms with E-state index >= 15 is 0 Å². The third-order valence-electron chi connectivity index (χ3n) is 6.80. The minimum Gasteiger partial charge on any atom is -0.504 e. The van der Waals surface area contributed by atoms with Gasteiger partial charge in [0, 0.05) is 8.95 Å². The summed E-state index contributed by atoms with van der Waals surface area (Å²) in [5, 5.41) is 66.5. The Labute approximate surface area is 296 Å². The average Bonchev–Trinajstić information content (AvgIpc) is 3.06. The van der Waals surface area contributed by atoms with Crippen LogP contribution in [-0.2, 0) is 28.6 Å². The number of esters is 3. The largest absolute Gasteiger partial charge is 0.504 e. The van der Waals surface area contributed by atoms with Gasteiger partial charge in [-0.05, 0) is 36.4 Å². The number of ether oxygens (including phenoxy) is 3. The SMILES string of the molecule is O=C(N[C@H]1COC(=O)[C@@H](NC(=O)c2cc(Br)cc(O)c2O)COC(=O)[C@@H](NC(=O)c2cc(Br)cc(O)c2O)COC1=O)c1cccc(O)c1O. The Morgan fingerprint density at radius 2 is 0.880 bits per heavy atom. The van der Waals surface area contributed by atoms with Crippen LogP contribution >= 0.6 is 31.9 Å². The van der Waals surface area contributed by atoms with Gasteiger partial charge in [0.25, 0.3) is 17.7 Å². The Hall–Kier alpha value is -5.76. The van der Waals surface area contributed by atoms with Crippen molar-refractivity contribution in [1.29, 1.82) is 0 Å². The highest BCUT2D eigenvalue weighted by Crippen LogP contribution is 2.34. The highest BCUT2D eigenvalue weighted by molar-refractivity contribution is 9.10. The van der Waals surface area contributed by atoms with Crippen molar-refractivity contribution in [3.63, 3.8) is 0 Å². The molecule has 1 saturated heterocycles. The van der Waals surface area contributed by atoms with Gasteiger partial charge in [0.15, 0.2) is 52.6 Å². The number of para-hydroxylation sites is 1. The van der Waals surface area contributed by atoms with Crippen LogP contribution in [0.3, 0.4) is 0 Å². The van der Waals surface area contributed by atoms with Crippen LogP contribution in [-0.4, -0.2) is 104 Å². The normalized spacial score (nSPS) is 18.3. The van der Waals surface area contributed by atoms with Gasteiger partial charge in [0.05, 0.1) is 16.7 Å². The number of rotatable bonds is 6. The lowest BCUT2D eigenvalue weighted by atomic mass is 10.1. The van der Waals surface area contributed by atoms with E-state index in [4.69, 9.17) is 14.2 Å². The molecule has 3 aromatic rings. The lowest BCUT2D eigenvalue weighted by molar-refractivity contribution is -0.160. The maximum atomic E-state index is 13.2. The number of carbonyl (C=O) groups is 6. The summed E-state index contributed by atoms with van der Waals surface area (Å²) >= 11 is 6.09. The molecule has 0 radical (unpaired) electrons. The Kier molecular flexibility index (Phi) is 11.6. The first-order valence-electron chi connectivity index (χ1n) is 13.9. The summed E-state index contributed by atoms with van der Waals surface area (Å²) in [5.41, 5.74) is -1.55. The molecule has 3 atom stereocenters. The molecule has 0 aromatic heterocycles. The van der Waals surface area contributed by atoms with Crippen molar-refractivity contribution < 1.29 is 73.6 Å². The topological polar surface area (TPSA) is 288 Å². The number of halogens is 2. The molecule has 1 aliphatic heterocycles. The van der Waals surface area contributed by atoms with Crippen molar-refractivity contribution in [3.05, 3.63) is 68.1 Å². The fourth-order valence-electron chi connectivity index (χ4n) is 4.24. The Balaban J connectivity index is 1.65. The third kappa shape index (κ3) is 8.63. The molecule has 20 heteroatoms. The van der Waals surface area contributed by atoms with E-state index in [0.717, 1.165) is 36.4 Å². The van der Waals surface area contributed by atoms with Crippen molar-refractivity contribution >= 4 is 67.5 Å². The van der Waals surface area contributed by atoms with Gasteiger partial charge in [0.2, 0.25) is 0 Å². The van der Waals surface area contributed by atoms with Crippen LogP contribution in [0.15, 0.2) is 51.4 Å². The smallest absolute Gasteiger partial charge is 0.332 e. The molecule has 9 N–H and O–H groups in total. The highest BCUT2D eigenvalue weighted by Gasteiger charge is 2.35. The number of aromatic hydroxyl groups is 6. The molecule has 0 aliphatic carbocycles. The number of benzene rings is 3. The lowest BCUT2D eigenvalue weighted by Gasteiger charge is -2.25. The molecule has 0 saturated carbocycles. The third-order valence-corrected chi connectivity index (χ3v) is 7.72. The molecule has 3 amide bonds. The second kappa shape index (κ2) is 15.6. The molecule has 264 valence electrons. The summed E-state index contributed by atoms with van der Waals surface area (Å²) in [5.74, 6) is -12.1. The second-order valence-electron chi connectivity index (χ2n) is 10.3. The van der Waals surface area contributed by atoms with Crippen LogP contribution in [0.25, 0.3) is 0 Å². The zero-order chi connectivity index (χ0) is 36.9. The minimum absolute atomic E-state index is 0.156. The molecular formula is C30H25Br2N3O15. The predicted molar refractivity (Wildman–Crippen MR) is 171 cm³/mol. The number of amides is 3. The Morgan fingerprint density at radius 3 is 1.26 bits per heavy atom. The zero-order valence-corrected chi connectivity index (χ0v) is 28.2. The number of hydrogen-bond acceptors (Lipinski definition) is 15. The maximum Gasteiger partial charge on any atom is 0.332 e. The zero-order valence-electron chi connectivity index (χ0n) is 25.0. The molecule has 0 spiro atoms. The number of phenols is 6. The van der Waals surface area contributed by atoms with Gasteiger partial charge in [-0.3, -0.25) is 14.4 Å². The Morgan fingerprint density at radius 1 is 0.540 bits per heavy atom. The summed E-state index contributed by atoms with van der Waals surface area (Å²) < 4.78 is 15.7. The molecule has 3 aromatic carbocycles. The summed E-state index contributed by atoms with van der Waals surface area (Å²) in [6.45, 7) is -2.90. The molecular weight excluding hydrogens is 802 g/mol. The highest BCUT2D eigenvalue weighted by atomic mass is 79.9. The predicted octanol–water partition coefficient (Wildman–Crippen LogP) is 0.784. The van der Waals surface area contributed by atoms with Gasteiger partial charge in [-0.2, -0.15) is 0 Å². The van der Waals surface area contributed by atoms with E-state index < -0.39 is 125 Å².